The van der Waals surface area contributed by atoms with E-state index in [4.69, 9.17) is 10.00 Å². The molecule has 0 spiro atoms. The molecule has 0 bridgehead atoms. The van der Waals surface area contributed by atoms with Crippen LogP contribution < -0.4 is 10.1 Å². The Kier molecular flexibility index (Phi) is 5.13. The number of benzene rings is 2. The number of nitrogens with one attached hydrogen (secondary N) is 1. The monoisotopic (exact) mass is 286 g/mol. The molecule has 0 heterocycles. The van der Waals surface area contributed by atoms with E-state index in [2.05, 4.69) is 5.32 Å². The zero-order chi connectivity index (χ0) is 15.1. The van der Waals surface area contributed by atoms with Gasteiger partial charge in [-0.3, -0.25) is 0 Å². The predicted molar refractivity (Wildman–Crippen MR) is 77.5 cm³/mol. The summed E-state index contributed by atoms with van der Waals surface area (Å²) in [4.78, 5) is 0. The number of anilines is 1. The standard InChI is InChI=1S/C16H15FN2O2/c17-15-3-1-2-4-16(15)21-11-14(20)10-19-13-7-5-12(9-18)6-8-13/h1-8,14,19-20H,10-11H2. The summed E-state index contributed by atoms with van der Waals surface area (Å²) in [6, 6.07) is 15.0. The van der Waals surface area contributed by atoms with Crippen LogP contribution in [-0.4, -0.2) is 24.4 Å². The largest absolute Gasteiger partial charge is 0.488 e. The van der Waals surface area contributed by atoms with Gasteiger partial charge in [0.15, 0.2) is 11.6 Å². The molecule has 0 fully saturated rings. The fourth-order valence-electron chi connectivity index (χ4n) is 1.70. The van der Waals surface area contributed by atoms with Gasteiger partial charge in [-0.25, -0.2) is 4.39 Å². The second-order valence-corrected chi connectivity index (χ2v) is 4.47. The lowest BCUT2D eigenvalue weighted by Crippen LogP contribution is -2.26. The average molecular weight is 286 g/mol. The minimum Gasteiger partial charge on any atom is -0.488 e. The van der Waals surface area contributed by atoms with Crippen molar-refractivity contribution < 1.29 is 14.2 Å². The van der Waals surface area contributed by atoms with E-state index in [0.717, 1.165) is 5.69 Å². The summed E-state index contributed by atoms with van der Waals surface area (Å²) < 4.78 is 18.5. The first-order valence-corrected chi connectivity index (χ1v) is 6.48. The summed E-state index contributed by atoms with van der Waals surface area (Å²) in [6.45, 7) is 0.255. The molecular weight excluding hydrogens is 271 g/mol. The van der Waals surface area contributed by atoms with Gasteiger partial charge >= 0.3 is 0 Å². The number of nitriles is 1. The van der Waals surface area contributed by atoms with Gasteiger partial charge in [-0.2, -0.15) is 5.26 Å². The van der Waals surface area contributed by atoms with Crippen LogP contribution in [0.4, 0.5) is 10.1 Å². The van der Waals surface area contributed by atoms with E-state index in [9.17, 15) is 9.50 Å². The average Bonchev–Trinajstić information content (AvgIpc) is 2.52. The number of ether oxygens (including phenoxy) is 1. The lowest BCUT2D eigenvalue weighted by atomic mass is 10.2. The van der Waals surface area contributed by atoms with Gasteiger partial charge in [0.2, 0.25) is 0 Å². The summed E-state index contributed by atoms with van der Waals surface area (Å²) in [5.41, 5.74) is 1.36. The molecule has 4 nitrogen and oxygen atoms in total. The summed E-state index contributed by atoms with van der Waals surface area (Å²) in [7, 11) is 0. The Morgan fingerprint density at radius 1 is 1.19 bits per heavy atom. The van der Waals surface area contributed by atoms with Gasteiger partial charge in [0.25, 0.3) is 0 Å². The first kappa shape index (κ1) is 14.8. The van der Waals surface area contributed by atoms with Crippen LogP contribution in [0.3, 0.4) is 0 Å². The zero-order valence-corrected chi connectivity index (χ0v) is 11.3. The third-order valence-electron chi connectivity index (χ3n) is 2.82. The van der Waals surface area contributed by atoms with E-state index in [1.54, 1.807) is 36.4 Å². The Hall–Kier alpha value is -2.58. The maximum absolute atomic E-state index is 13.3. The van der Waals surface area contributed by atoms with E-state index in [1.807, 2.05) is 6.07 Å². The molecule has 0 aliphatic rings. The summed E-state index contributed by atoms with van der Waals surface area (Å²) >= 11 is 0. The van der Waals surface area contributed by atoms with Crippen molar-refractivity contribution in [2.75, 3.05) is 18.5 Å². The maximum Gasteiger partial charge on any atom is 0.165 e. The smallest absolute Gasteiger partial charge is 0.165 e. The summed E-state index contributed by atoms with van der Waals surface area (Å²) in [6.07, 6.45) is -0.778. The topological polar surface area (TPSA) is 65.3 Å². The van der Waals surface area contributed by atoms with Crippen molar-refractivity contribution in [1.29, 1.82) is 5.26 Å². The van der Waals surface area contributed by atoms with E-state index in [0.29, 0.717) is 5.56 Å². The number of halogens is 1. The Morgan fingerprint density at radius 3 is 2.57 bits per heavy atom. The first-order valence-electron chi connectivity index (χ1n) is 6.48. The molecule has 0 radical (unpaired) electrons. The van der Waals surface area contributed by atoms with Crippen LogP contribution in [0, 0.1) is 17.1 Å². The third kappa shape index (κ3) is 4.48. The molecule has 2 N–H and O–H groups in total. The van der Waals surface area contributed by atoms with Crippen molar-refractivity contribution in [1.82, 2.24) is 0 Å². The molecule has 0 saturated carbocycles. The number of hydrogen-bond acceptors (Lipinski definition) is 4. The molecule has 0 aromatic heterocycles. The number of hydrogen-bond donors (Lipinski definition) is 2. The van der Waals surface area contributed by atoms with Crippen LogP contribution in [-0.2, 0) is 0 Å². The zero-order valence-electron chi connectivity index (χ0n) is 11.3. The highest BCUT2D eigenvalue weighted by Gasteiger charge is 2.07. The van der Waals surface area contributed by atoms with Crippen LogP contribution >= 0.6 is 0 Å². The highest BCUT2D eigenvalue weighted by molar-refractivity contribution is 5.47. The molecule has 21 heavy (non-hydrogen) atoms. The van der Waals surface area contributed by atoms with Gasteiger partial charge in [0.05, 0.1) is 11.6 Å². The van der Waals surface area contributed by atoms with Gasteiger partial charge in [0.1, 0.15) is 12.7 Å². The predicted octanol–water partition coefficient (Wildman–Crippen LogP) is 2.55. The molecule has 1 unspecified atom stereocenters. The minimum absolute atomic E-state index is 0.00971. The quantitative estimate of drug-likeness (QED) is 0.856. The Labute approximate surface area is 122 Å². The van der Waals surface area contributed by atoms with Crippen molar-refractivity contribution in [3.8, 4) is 11.8 Å². The second-order valence-electron chi connectivity index (χ2n) is 4.47. The molecule has 1 atom stereocenters. The van der Waals surface area contributed by atoms with Gasteiger partial charge < -0.3 is 15.2 Å². The molecule has 2 aromatic rings. The number of para-hydroxylation sites is 1. The van der Waals surface area contributed by atoms with Gasteiger partial charge in [-0.15, -0.1) is 0 Å². The number of nitrogens with zero attached hydrogens (tertiary/aromatic N) is 1. The van der Waals surface area contributed by atoms with E-state index >= 15 is 0 Å². The van der Waals surface area contributed by atoms with Gasteiger partial charge in [0, 0.05) is 12.2 Å². The highest BCUT2D eigenvalue weighted by Crippen LogP contribution is 2.15. The number of aliphatic hydroxyl groups is 1. The molecule has 108 valence electrons. The SMILES string of the molecule is N#Cc1ccc(NCC(O)COc2ccccc2F)cc1. The van der Waals surface area contributed by atoms with E-state index in [1.165, 1.54) is 12.1 Å². The molecule has 0 aliphatic carbocycles. The van der Waals surface area contributed by atoms with Crippen molar-refractivity contribution in [2.24, 2.45) is 0 Å². The van der Waals surface area contributed by atoms with Crippen LogP contribution in [0.5, 0.6) is 5.75 Å². The van der Waals surface area contributed by atoms with E-state index < -0.39 is 11.9 Å². The minimum atomic E-state index is -0.778. The Balaban J connectivity index is 1.78. The lowest BCUT2D eigenvalue weighted by molar-refractivity contribution is 0.115. The fraction of sp³-hybridized carbons (Fsp3) is 0.188. The second kappa shape index (κ2) is 7.27. The molecule has 2 rings (SSSR count). The van der Waals surface area contributed by atoms with E-state index in [-0.39, 0.29) is 18.9 Å². The van der Waals surface area contributed by atoms with Crippen molar-refractivity contribution in [3.05, 3.63) is 59.9 Å². The Morgan fingerprint density at radius 2 is 1.90 bits per heavy atom. The molecule has 0 aliphatic heterocycles. The van der Waals surface area contributed by atoms with Crippen LogP contribution in [0.15, 0.2) is 48.5 Å². The molecule has 0 saturated heterocycles. The summed E-state index contributed by atoms with van der Waals surface area (Å²) in [5.74, 6) is -0.334. The van der Waals surface area contributed by atoms with Crippen molar-refractivity contribution in [2.45, 2.75) is 6.10 Å². The van der Waals surface area contributed by atoms with Gasteiger partial charge in [-0.1, -0.05) is 12.1 Å². The Bertz CT molecular complexity index is 623. The summed E-state index contributed by atoms with van der Waals surface area (Å²) in [5, 5.41) is 21.5. The highest BCUT2D eigenvalue weighted by atomic mass is 19.1. The van der Waals surface area contributed by atoms with Crippen LogP contribution in [0.2, 0.25) is 0 Å². The normalized spacial score (nSPS) is 11.5. The van der Waals surface area contributed by atoms with Crippen LogP contribution in [0.25, 0.3) is 0 Å². The molecule has 5 heteroatoms. The number of rotatable bonds is 6. The number of aliphatic hydroxyl groups excluding tert-OH is 1. The molecule has 0 amide bonds. The fourth-order valence-corrected chi connectivity index (χ4v) is 1.70. The first-order chi connectivity index (χ1) is 10.2. The molecule has 2 aromatic carbocycles. The lowest BCUT2D eigenvalue weighted by Gasteiger charge is -2.14. The maximum atomic E-state index is 13.3. The van der Waals surface area contributed by atoms with Crippen LogP contribution in [0.1, 0.15) is 5.56 Å². The third-order valence-corrected chi connectivity index (χ3v) is 2.82. The van der Waals surface area contributed by atoms with Crippen molar-refractivity contribution >= 4 is 5.69 Å². The molecular formula is C16H15FN2O2. The van der Waals surface area contributed by atoms with Gasteiger partial charge in [-0.05, 0) is 36.4 Å². The van der Waals surface area contributed by atoms with Crippen molar-refractivity contribution in [3.63, 3.8) is 0 Å².